The van der Waals surface area contributed by atoms with Crippen molar-refractivity contribution in [3.63, 3.8) is 0 Å². The summed E-state index contributed by atoms with van der Waals surface area (Å²) >= 11 is 0. The van der Waals surface area contributed by atoms with Crippen molar-refractivity contribution in [2.75, 3.05) is 51.4 Å². The van der Waals surface area contributed by atoms with Crippen LogP contribution in [0.5, 0.6) is 0 Å². The summed E-state index contributed by atoms with van der Waals surface area (Å²) in [6, 6.07) is 0. The molecule has 2 aliphatic heterocycles. The fraction of sp³-hybridized carbons (Fsp3) is 0.818. The first kappa shape index (κ1) is 40.5. The van der Waals surface area contributed by atoms with Crippen molar-refractivity contribution in [1.29, 1.82) is 0 Å². The normalized spacial score (nSPS) is 23.8. The van der Waals surface area contributed by atoms with E-state index in [1.807, 2.05) is 20.8 Å². The SMILES string of the molecule is CC(C)[Si]1(C(C)C)OC[C@H]2O[C@@H](n3cnc4ncnc(NCCOCCOCCNC(=O)OC(C)(C)C)c43)[C@H](O)[C@@H]2O[Si](C(C)C)(C(C)C)O1. The van der Waals surface area contributed by atoms with Crippen LogP contribution in [0.1, 0.15) is 82.4 Å². The van der Waals surface area contributed by atoms with Gasteiger partial charge in [0.25, 0.3) is 0 Å². The van der Waals surface area contributed by atoms with Gasteiger partial charge in [-0.1, -0.05) is 55.4 Å². The number of nitrogens with zero attached hydrogens (tertiary/aromatic N) is 4. The van der Waals surface area contributed by atoms with Gasteiger partial charge < -0.3 is 47.7 Å². The molecule has 0 bridgehead atoms. The van der Waals surface area contributed by atoms with E-state index in [0.717, 1.165) is 0 Å². The molecule has 0 radical (unpaired) electrons. The van der Waals surface area contributed by atoms with Crippen molar-refractivity contribution in [2.24, 2.45) is 0 Å². The summed E-state index contributed by atoms with van der Waals surface area (Å²) < 4.78 is 46.1. The number of aromatic nitrogens is 4. The zero-order valence-electron chi connectivity index (χ0n) is 31.7. The number of hydrogen-bond acceptors (Lipinski definition) is 13. The maximum absolute atomic E-state index is 11.9. The van der Waals surface area contributed by atoms with Crippen LogP contribution in [-0.4, -0.2) is 118 Å². The molecule has 15 nitrogen and oxygen atoms in total. The van der Waals surface area contributed by atoms with E-state index in [4.69, 9.17) is 31.9 Å². The number of carbonyl (C=O) groups is 1. The lowest BCUT2D eigenvalue weighted by Gasteiger charge is -2.51. The molecule has 4 atom stereocenters. The molecule has 1 amide bonds. The third-order valence-corrected chi connectivity index (χ3v) is 19.4. The third-order valence-electron chi connectivity index (χ3n) is 9.11. The van der Waals surface area contributed by atoms with Crippen LogP contribution < -0.4 is 10.6 Å². The van der Waals surface area contributed by atoms with Gasteiger partial charge in [-0.05, 0) is 42.9 Å². The van der Waals surface area contributed by atoms with Gasteiger partial charge in [-0.25, -0.2) is 19.7 Å². The van der Waals surface area contributed by atoms with Crippen LogP contribution in [0.4, 0.5) is 10.6 Å². The van der Waals surface area contributed by atoms with Gasteiger partial charge in [-0.2, -0.15) is 0 Å². The molecule has 2 saturated heterocycles. The first-order chi connectivity index (χ1) is 23.5. The molecule has 4 heterocycles. The number of aliphatic hydroxyl groups is 1. The smallest absolute Gasteiger partial charge is 0.407 e. The highest BCUT2D eigenvalue weighted by Crippen LogP contribution is 2.48. The topological polar surface area (TPSA) is 170 Å². The van der Waals surface area contributed by atoms with Crippen LogP contribution in [0.2, 0.25) is 22.2 Å². The summed E-state index contributed by atoms with van der Waals surface area (Å²) in [6.07, 6.45) is -0.375. The van der Waals surface area contributed by atoms with Crippen LogP contribution in [0, 0.1) is 0 Å². The molecule has 0 spiro atoms. The van der Waals surface area contributed by atoms with E-state index in [9.17, 15) is 9.90 Å². The molecule has 0 saturated carbocycles. The van der Waals surface area contributed by atoms with Gasteiger partial charge in [0.2, 0.25) is 0 Å². The molecule has 4 rings (SSSR count). The largest absolute Gasteiger partial charge is 0.444 e. The molecule has 0 aromatic carbocycles. The Hall–Kier alpha value is -2.23. The van der Waals surface area contributed by atoms with Gasteiger partial charge in [-0.3, -0.25) is 4.57 Å². The maximum Gasteiger partial charge on any atom is 0.407 e. The molecule has 50 heavy (non-hydrogen) atoms. The van der Waals surface area contributed by atoms with Crippen molar-refractivity contribution in [3.8, 4) is 0 Å². The molecular formula is C33H60N6O9Si2. The average molecular weight is 741 g/mol. The molecule has 2 aromatic heterocycles. The number of alkyl carbamates (subject to hydrolysis) is 1. The van der Waals surface area contributed by atoms with Crippen LogP contribution in [0.3, 0.4) is 0 Å². The fourth-order valence-electron chi connectivity index (χ4n) is 6.67. The lowest BCUT2D eigenvalue weighted by atomic mass is 10.1. The van der Waals surface area contributed by atoms with Crippen molar-refractivity contribution < 1.29 is 41.8 Å². The predicted octanol–water partition coefficient (Wildman–Crippen LogP) is 5.01. The Balaban J connectivity index is 1.40. The molecule has 2 fully saturated rings. The second kappa shape index (κ2) is 17.1. The molecule has 0 aliphatic carbocycles. The van der Waals surface area contributed by atoms with E-state index in [2.05, 4.69) is 81.0 Å². The first-order valence-corrected chi connectivity index (χ1v) is 21.9. The monoisotopic (exact) mass is 740 g/mol. The summed E-state index contributed by atoms with van der Waals surface area (Å²) in [4.78, 5) is 25.1. The van der Waals surface area contributed by atoms with Gasteiger partial charge in [-0.15, -0.1) is 0 Å². The summed E-state index contributed by atoms with van der Waals surface area (Å²) in [5, 5.41) is 17.9. The average Bonchev–Trinajstić information content (AvgIpc) is 3.57. The Labute approximate surface area is 299 Å². The second-order valence-electron chi connectivity index (χ2n) is 15.2. The molecule has 284 valence electrons. The van der Waals surface area contributed by atoms with E-state index in [-0.39, 0.29) is 28.8 Å². The number of nitrogens with one attached hydrogen (secondary N) is 2. The predicted molar refractivity (Wildman–Crippen MR) is 193 cm³/mol. The van der Waals surface area contributed by atoms with Gasteiger partial charge in [0.15, 0.2) is 17.7 Å². The lowest BCUT2D eigenvalue weighted by Crippen LogP contribution is -2.65. The Bertz CT molecular complexity index is 1370. The fourth-order valence-corrected chi connectivity index (χ4v) is 17.9. The Morgan fingerprint density at radius 2 is 1.56 bits per heavy atom. The standard InChI is InChI=1S/C33H60N6O9Si2/c1-21(2)49(22(3)4)44-18-25-28(47-50(48-49,23(5)6)24(7)8)27(40)31(45-25)39-20-38-30-26(39)29(36-19-37-30)34-12-14-42-16-17-43-15-13-35-32(41)46-33(9,10)11/h19-25,27-28,31,40H,12-18H2,1-11H3,(H,35,41)(H,34,36,37)/t25-,27-,28-,31-/m1/s1. The minimum Gasteiger partial charge on any atom is -0.444 e. The third kappa shape index (κ3) is 9.22. The molecule has 2 aliphatic rings. The molecule has 0 unspecified atom stereocenters. The number of rotatable bonds is 15. The number of aliphatic hydroxyl groups excluding tert-OH is 1. The highest BCUT2D eigenvalue weighted by Gasteiger charge is 2.61. The quantitative estimate of drug-likeness (QED) is 0.165. The summed E-state index contributed by atoms with van der Waals surface area (Å²) in [6.45, 7) is 25.4. The van der Waals surface area contributed by atoms with Crippen molar-refractivity contribution in [1.82, 2.24) is 24.8 Å². The van der Waals surface area contributed by atoms with E-state index < -0.39 is 53.4 Å². The highest BCUT2D eigenvalue weighted by molar-refractivity contribution is 6.84. The number of amides is 1. The first-order valence-electron chi connectivity index (χ1n) is 17.9. The number of carbonyl (C=O) groups excluding carboxylic acids is 1. The number of ether oxygens (including phenoxy) is 4. The number of hydrogen-bond donors (Lipinski definition) is 3. The van der Waals surface area contributed by atoms with Crippen molar-refractivity contribution in [2.45, 2.75) is 128 Å². The Morgan fingerprint density at radius 3 is 2.16 bits per heavy atom. The van der Waals surface area contributed by atoms with E-state index in [0.29, 0.717) is 56.5 Å². The summed E-state index contributed by atoms with van der Waals surface area (Å²) in [7, 11) is -5.71. The zero-order chi connectivity index (χ0) is 36.9. The Kier molecular flexibility index (Phi) is 13.8. The summed E-state index contributed by atoms with van der Waals surface area (Å²) in [5.74, 6) is 0.542. The molecule has 2 aromatic rings. The van der Waals surface area contributed by atoms with Gasteiger partial charge in [0, 0.05) is 13.1 Å². The van der Waals surface area contributed by atoms with Crippen LogP contribution in [-0.2, 0) is 31.9 Å². The maximum atomic E-state index is 11.9. The van der Waals surface area contributed by atoms with E-state index in [1.165, 1.54) is 6.33 Å². The number of anilines is 1. The number of fused-ring (bicyclic) bond motifs is 2. The number of imidazole rings is 1. The van der Waals surface area contributed by atoms with Gasteiger partial charge in [0.1, 0.15) is 42.1 Å². The minimum atomic E-state index is -2.95. The second-order valence-corrected chi connectivity index (χ2v) is 24.1. The minimum absolute atomic E-state index is 0.119. The van der Waals surface area contributed by atoms with Gasteiger partial charge >= 0.3 is 23.2 Å². The lowest BCUT2D eigenvalue weighted by molar-refractivity contribution is -0.0568. The summed E-state index contributed by atoms with van der Waals surface area (Å²) in [5.41, 5.74) is 1.16. The van der Waals surface area contributed by atoms with Crippen LogP contribution in [0.25, 0.3) is 11.2 Å². The van der Waals surface area contributed by atoms with Crippen LogP contribution in [0.15, 0.2) is 12.7 Å². The van der Waals surface area contributed by atoms with Gasteiger partial charge in [0.05, 0.1) is 33.0 Å². The zero-order valence-corrected chi connectivity index (χ0v) is 33.7. The Morgan fingerprint density at radius 1 is 0.940 bits per heavy atom. The van der Waals surface area contributed by atoms with E-state index in [1.54, 1.807) is 10.9 Å². The molecule has 17 heteroatoms. The molecule has 3 N–H and O–H groups in total. The van der Waals surface area contributed by atoms with E-state index >= 15 is 0 Å². The molecular weight excluding hydrogens is 681 g/mol. The van der Waals surface area contributed by atoms with Crippen LogP contribution >= 0.6 is 0 Å². The van der Waals surface area contributed by atoms with Crippen molar-refractivity contribution in [3.05, 3.63) is 12.7 Å². The highest BCUT2D eigenvalue weighted by atomic mass is 28.5. The van der Waals surface area contributed by atoms with Crippen molar-refractivity contribution >= 4 is 40.2 Å².